The van der Waals surface area contributed by atoms with E-state index in [1.165, 1.54) is 0 Å². The average Bonchev–Trinajstić information content (AvgIpc) is 2.69. The molecule has 0 saturated carbocycles. The monoisotopic (exact) mass is 355 g/mol. The Bertz CT molecular complexity index is 1100. The normalized spacial score (nSPS) is 10.7. The van der Waals surface area contributed by atoms with E-state index in [9.17, 15) is 9.90 Å². The van der Waals surface area contributed by atoms with E-state index in [2.05, 4.69) is 15.3 Å². The number of carbonyl (C=O) groups is 1. The average molecular weight is 355 g/mol. The number of nitrogens with zero attached hydrogens (tertiary/aromatic N) is 2. The van der Waals surface area contributed by atoms with Gasteiger partial charge in [-0.05, 0) is 28.5 Å². The number of amides is 1. The molecule has 0 aliphatic rings. The zero-order valence-corrected chi connectivity index (χ0v) is 14.5. The number of fused-ring (bicyclic) bond motifs is 1. The lowest BCUT2D eigenvalue weighted by molar-refractivity contribution is -0.115. The smallest absolute Gasteiger partial charge is 0.228 e. The lowest BCUT2D eigenvalue weighted by Gasteiger charge is -2.08. The fraction of sp³-hybridized carbons (Fsp3) is 0.0455. The van der Waals surface area contributed by atoms with Gasteiger partial charge in [0.2, 0.25) is 5.91 Å². The Hall–Kier alpha value is -3.73. The lowest BCUT2D eigenvalue weighted by Crippen LogP contribution is -2.15. The van der Waals surface area contributed by atoms with E-state index in [1.54, 1.807) is 30.6 Å². The molecular weight excluding hydrogens is 338 g/mol. The second kappa shape index (κ2) is 7.25. The van der Waals surface area contributed by atoms with Crippen LogP contribution in [0.5, 0.6) is 5.75 Å². The molecule has 1 amide bonds. The Morgan fingerprint density at radius 1 is 0.926 bits per heavy atom. The van der Waals surface area contributed by atoms with Crippen molar-refractivity contribution in [1.82, 2.24) is 9.97 Å². The summed E-state index contributed by atoms with van der Waals surface area (Å²) in [7, 11) is 0. The Kier molecular flexibility index (Phi) is 4.49. The molecule has 5 heteroatoms. The van der Waals surface area contributed by atoms with Crippen molar-refractivity contribution in [2.75, 3.05) is 5.32 Å². The van der Waals surface area contributed by atoms with Gasteiger partial charge in [-0.3, -0.25) is 4.79 Å². The van der Waals surface area contributed by atoms with Crippen LogP contribution < -0.4 is 5.32 Å². The molecule has 0 radical (unpaired) electrons. The summed E-state index contributed by atoms with van der Waals surface area (Å²) in [5, 5.41) is 14.6. The van der Waals surface area contributed by atoms with Crippen molar-refractivity contribution in [3.63, 3.8) is 0 Å². The number of phenolic OH excluding ortho intramolecular Hbond substituents is 1. The molecule has 0 fully saturated rings. The Labute approximate surface area is 156 Å². The topological polar surface area (TPSA) is 75.1 Å². The minimum atomic E-state index is -0.125. The van der Waals surface area contributed by atoms with E-state index < -0.39 is 0 Å². The Morgan fingerprint density at radius 3 is 2.48 bits per heavy atom. The fourth-order valence-electron chi connectivity index (χ4n) is 3.01. The molecule has 0 aliphatic heterocycles. The van der Waals surface area contributed by atoms with E-state index in [0.717, 1.165) is 16.3 Å². The van der Waals surface area contributed by atoms with Gasteiger partial charge >= 0.3 is 0 Å². The van der Waals surface area contributed by atoms with Gasteiger partial charge in [0.05, 0.1) is 24.5 Å². The number of rotatable bonds is 4. The number of nitrogens with one attached hydrogen (secondary N) is 1. The number of carbonyl (C=O) groups excluding carboxylic acids is 1. The van der Waals surface area contributed by atoms with Crippen LogP contribution in [0.25, 0.3) is 22.2 Å². The van der Waals surface area contributed by atoms with Crippen LogP contribution in [0.3, 0.4) is 0 Å². The van der Waals surface area contributed by atoms with Crippen molar-refractivity contribution in [2.45, 2.75) is 6.42 Å². The second-order valence-electron chi connectivity index (χ2n) is 6.21. The van der Waals surface area contributed by atoms with Gasteiger partial charge in [0, 0.05) is 5.56 Å². The molecular formula is C22H17N3O2. The molecule has 1 heterocycles. The van der Waals surface area contributed by atoms with Crippen LogP contribution in [-0.2, 0) is 11.2 Å². The summed E-state index contributed by atoms with van der Waals surface area (Å²) in [6, 6.07) is 20.7. The van der Waals surface area contributed by atoms with E-state index in [0.29, 0.717) is 17.1 Å². The summed E-state index contributed by atoms with van der Waals surface area (Å²) in [4.78, 5) is 21.0. The maximum atomic E-state index is 12.4. The van der Waals surface area contributed by atoms with Gasteiger partial charge in [-0.2, -0.15) is 0 Å². The fourth-order valence-corrected chi connectivity index (χ4v) is 3.01. The quantitative estimate of drug-likeness (QED) is 0.576. The standard InChI is InChI=1S/C22H17N3O2/c26-19-9-4-8-17(11-19)22-23-13-18(14-24-22)25-21(27)12-16-7-3-6-15-5-1-2-10-20(15)16/h1-11,13-14,26H,12H2,(H,25,27). The van der Waals surface area contributed by atoms with Crippen LogP contribution in [0.1, 0.15) is 5.56 Å². The van der Waals surface area contributed by atoms with Crippen molar-refractivity contribution in [2.24, 2.45) is 0 Å². The van der Waals surface area contributed by atoms with E-state index in [1.807, 2.05) is 48.5 Å². The molecule has 0 atom stereocenters. The minimum absolute atomic E-state index is 0.125. The molecule has 0 spiro atoms. The molecule has 0 unspecified atom stereocenters. The van der Waals surface area contributed by atoms with Gasteiger partial charge in [-0.25, -0.2) is 9.97 Å². The summed E-state index contributed by atoms with van der Waals surface area (Å²) in [5.74, 6) is 0.515. The van der Waals surface area contributed by atoms with Gasteiger partial charge < -0.3 is 10.4 Å². The molecule has 0 saturated heterocycles. The predicted molar refractivity (Wildman–Crippen MR) is 105 cm³/mol. The third-order valence-electron chi connectivity index (χ3n) is 4.27. The maximum Gasteiger partial charge on any atom is 0.228 e. The second-order valence-corrected chi connectivity index (χ2v) is 6.21. The third-order valence-corrected chi connectivity index (χ3v) is 4.27. The number of aromatic nitrogens is 2. The molecule has 5 nitrogen and oxygen atoms in total. The van der Waals surface area contributed by atoms with Crippen molar-refractivity contribution in [1.29, 1.82) is 0 Å². The number of aromatic hydroxyl groups is 1. The van der Waals surface area contributed by atoms with Crippen molar-refractivity contribution in [3.05, 3.63) is 84.7 Å². The first kappa shape index (κ1) is 16.7. The number of hydrogen-bond donors (Lipinski definition) is 2. The minimum Gasteiger partial charge on any atom is -0.508 e. The number of benzene rings is 3. The molecule has 3 aromatic carbocycles. The first-order chi connectivity index (χ1) is 13.2. The van der Waals surface area contributed by atoms with Crippen LogP contribution in [0.4, 0.5) is 5.69 Å². The number of phenols is 1. The summed E-state index contributed by atoms with van der Waals surface area (Å²) in [6.45, 7) is 0. The van der Waals surface area contributed by atoms with Crippen LogP contribution >= 0.6 is 0 Å². The highest BCUT2D eigenvalue weighted by Crippen LogP contribution is 2.21. The zero-order valence-electron chi connectivity index (χ0n) is 14.5. The highest BCUT2D eigenvalue weighted by atomic mass is 16.3. The lowest BCUT2D eigenvalue weighted by atomic mass is 10.0. The van der Waals surface area contributed by atoms with Crippen molar-refractivity contribution in [3.8, 4) is 17.1 Å². The van der Waals surface area contributed by atoms with Gasteiger partial charge in [0.25, 0.3) is 0 Å². The molecule has 132 valence electrons. The van der Waals surface area contributed by atoms with Crippen LogP contribution in [0, 0.1) is 0 Å². The summed E-state index contributed by atoms with van der Waals surface area (Å²) < 4.78 is 0. The SMILES string of the molecule is O=C(Cc1cccc2ccccc12)Nc1cnc(-c2cccc(O)c2)nc1. The van der Waals surface area contributed by atoms with Crippen molar-refractivity contribution < 1.29 is 9.90 Å². The molecule has 4 rings (SSSR count). The highest BCUT2D eigenvalue weighted by Gasteiger charge is 2.09. The Balaban J connectivity index is 1.48. The highest BCUT2D eigenvalue weighted by molar-refractivity contribution is 5.96. The Morgan fingerprint density at radius 2 is 1.67 bits per heavy atom. The van der Waals surface area contributed by atoms with E-state index >= 15 is 0 Å². The van der Waals surface area contributed by atoms with Gasteiger partial charge in [0.1, 0.15) is 5.75 Å². The van der Waals surface area contributed by atoms with Gasteiger partial charge in [-0.1, -0.05) is 54.6 Å². The maximum absolute atomic E-state index is 12.4. The molecule has 1 aromatic heterocycles. The zero-order chi connectivity index (χ0) is 18.6. The summed E-state index contributed by atoms with van der Waals surface area (Å²) in [5.41, 5.74) is 2.22. The number of hydrogen-bond acceptors (Lipinski definition) is 4. The summed E-state index contributed by atoms with van der Waals surface area (Å²) in [6.07, 6.45) is 3.40. The molecule has 27 heavy (non-hydrogen) atoms. The van der Waals surface area contributed by atoms with Crippen LogP contribution in [-0.4, -0.2) is 21.0 Å². The largest absolute Gasteiger partial charge is 0.508 e. The number of anilines is 1. The van der Waals surface area contributed by atoms with E-state index in [-0.39, 0.29) is 18.1 Å². The molecule has 4 aromatic rings. The molecule has 0 bridgehead atoms. The van der Waals surface area contributed by atoms with Gasteiger partial charge in [-0.15, -0.1) is 0 Å². The van der Waals surface area contributed by atoms with Gasteiger partial charge in [0.15, 0.2) is 5.82 Å². The third kappa shape index (κ3) is 3.77. The van der Waals surface area contributed by atoms with E-state index in [4.69, 9.17) is 0 Å². The molecule has 0 aliphatic carbocycles. The van der Waals surface area contributed by atoms with Crippen LogP contribution in [0.15, 0.2) is 79.1 Å². The molecule has 2 N–H and O–H groups in total. The summed E-state index contributed by atoms with van der Waals surface area (Å²) >= 11 is 0. The predicted octanol–water partition coefficient (Wildman–Crippen LogP) is 4.18. The van der Waals surface area contributed by atoms with Crippen molar-refractivity contribution >= 4 is 22.4 Å². The first-order valence-corrected chi connectivity index (χ1v) is 8.57. The van der Waals surface area contributed by atoms with Crippen LogP contribution in [0.2, 0.25) is 0 Å². The first-order valence-electron chi connectivity index (χ1n) is 8.57.